The van der Waals surface area contributed by atoms with Crippen LogP contribution in [0.2, 0.25) is 0 Å². The number of aromatic nitrogens is 3. The molecular formula is C20H27N5. The van der Waals surface area contributed by atoms with E-state index in [-0.39, 0.29) is 6.04 Å². The molecule has 1 atom stereocenters. The van der Waals surface area contributed by atoms with Gasteiger partial charge >= 0.3 is 0 Å². The molecule has 0 fully saturated rings. The van der Waals surface area contributed by atoms with E-state index in [0.717, 1.165) is 60.7 Å². The topological polar surface area (TPSA) is 70.8 Å². The van der Waals surface area contributed by atoms with Gasteiger partial charge in [-0.15, -0.1) is 0 Å². The highest BCUT2D eigenvalue weighted by molar-refractivity contribution is 5.74. The zero-order chi connectivity index (χ0) is 17.6. The lowest BCUT2D eigenvalue weighted by atomic mass is 10.1. The van der Waals surface area contributed by atoms with E-state index < -0.39 is 0 Å². The zero-order valence-corrected chi connectivity index (χ0v) is 15.1. The van der Waals surface area contributed by atoms with Crippen molar-refractivity contribution in [2.75, 3.05) is 13.1 Å². The number of pyridine rings is 1. The summed E-state index contributed by atoms with van der Waals surface area (Å²) in [7, 11) is 0. The molecule has 3 aromatic rings. The van der Waals surface area contributed by atoms with Crippen LogP contribution in [0.5, 0.6) is 0 Å². The molecule has 0 saturated heterocycles. The summed E-state index contributed by atoms with van der Waals surface area (Å²) in [6.07, 6.45) is 2.11. The highest BCUT2D eigenvalue weighted by Crippen LogP contribution is 2.22. The number of nitrogens with two attached hydrogens (primary N) is 1. The van der Waals surface area contributed by atoms with Crippen molar-refractivity contribution in [1.82, 2.24) is 19.9 Å². The summed E-state index contributed by atoms with van der Waals surface area (Å²) < 4.78 is 0. The summed E-state index contributed by atoms with van der Waals surface area (Å²) in [5.74, 6) is 0.994. The van der Waals surface area contributed by atoms with Crippen LogP contribution in [-0.4, -0.2) is 32.9 Å². The predicted molar refractivity (Wildman–Crippen MR) is 102 cm³/mol. The van der Waals surface area contributed by atoms with Gasteiger partial charge in [-0.3, -0.25) is 9.88 Å². The van der Waals surface area contributed by atoms with E-state index in [1.165, 1.54) is 0 Å². The Morgan fingerprint density at radius 2 is 1.92 bits per heavy atom. The lowest BCUT2D eigenvalue weighted by Gasteiger charge is -2.28. The monoisotopic (exact) mass is 337 g/mol. The minimum absolute atomic E-state index is 0.228. The Bertz CT molecular complexity index is 777. The van der Waals surface area contributed by atoms with Crippen LogP contribution >= 0.6 is 0 Å². The molecule has 0 amide bonds. The Hall–Kier alpha value is -2.24. The number of aryl methyl sites for hydroxylation is 1. The molecule has 2 heterocycles. The van der Waals surface area contributed by atoms with Crippen molar-refractivity contribution in [3.63, 3.8) is 0 Å². The van der Waals surface area contributed by atoms with Gasteiger partial charge in [0, 0.05) is 11.7 Å². The van der Waals surface area contributed by atoms with E-state index in [9.17, 15) is 0 Å². The smallest absolute Gasteiger partial charge is 0.121 e. The number of nitrogens with one attached hydrogen (secondary N) is 1. The van der Waals surface area contributed by atoms with Crippen molar-refractivity contribution < 1.29 is 0 Å². The summed E-state index contributed by atoms with van der Waals surface area (Å²) >= 11 is 0. The number of imidazole rings is 1. The molecule has 132 valence electrons. The van der Waals surface area contributed by atoms with Crippen LogP contribution in [0.25, 0.3) is 11.0 Å². The number of nitrogens with zero attached hydrogens (tertiary/aromatic N) is 3. The Kier molecular flexibility index (Phi) is 5.79. The molecule has 0 aliphatic heterocycles. The first-order chi connectivity index (χ1) is 12.2. The van der Waals surface area contributed by atoms with Crippen molar-refractivity contribution in [1.29, 1.82) is 0 Å². The summed E-state index contributed by atoms with van der Waals surface area (Å²) in [4.78, 5) is 15.3. The molecule has 25 heavy (non-hydrogen) atoms. The Morgan fingerprint density at radius 3 is 2.68 bits per heavy atom. The van der Waals surface area contributed by atoms with Crippen molar-refractivity contribution in [2.24, 2.45) is 5.73 Å². The van der Waals surface area contributed by atoms with Crippen LogP contribution in [0.4, 0.5) is 0 Å². The van der Waals surface area contributed by atoms with E-state index in [2.05, 4.69) is 35.0 Å². The second kappa shape index (κ2) is 8.23. The van der Waals surface area contributed by atoms with E-state index in [0.29, 0.717) is 0 Å². The highest BCUT2D eigenvalue weighted by Gasteiger charge is 2.18. The largest absolute Gasteiger partial charge is 0.341 e. The summed E-state index contributed by atoms with van der Waals surface area (Å²) in [5, 5.41) is 0. The number of hydrogen-bond donors (Lipinski definition) is 2. The summed E-state index contributed by atoms with van der Waals surface area (Å²) in [6, 6.07) is 14.6. The van der Waals surface area contributed by atoms with E-state index in [4.69, 9.17) is 15.7 Å². The molecule has 0 aliphatic rings. The number of unbranched alkanes of at least 4 members (excludes halogenated alkanes) is 1. The lowest BCUT2D eigenvalue weighted by Crippen LogP contribution is -2.29. The van der Waals surface area contributed by atoms with Crippen molar-refractivity contribution in [2.45, 2.75) is 39.3 Å². The van der Waals surface area contributed by atoms with Gasteiger partial charge in [-0.2, -0.15) is 0 Å². The normalized spacial score (nSPS) is 12.8. The number of aromatic amines is 1. The molecule has 0 saturated carbocycles. The van der Waals surface area contributed by atoms with Crippen LogP contribution in [0.3, 0.4) is 0 Å². The van der Waals surface area contributed by atoms with E-state index in [1.807, 2.05) is 31.2 Å². The fourth-order valence-electron chi connectivity index (χ4n) is 3.13. The predicted octanol–water partition coefficient (Wildman–Crippen LogP) is 3.57. The third-order valence-corrected chi connectivity index (χ3v) is 4.58. The van der Waals surface area contributed by atoms with E-state index in [1.54, 1.807) is 0 Å². The van der Waals surface area contributed by atoms with Gasteiger partial charge < -0.3 is 10.7 Å². The van der Waals surface area contributed by atoms with Crippen molar-refractivity contribution in [3.05, 3.63) is 59.7 Å². The number of benzene rings is 1. The highest BCUT2D eigenvalue weighted by atomic mass is 15.2. The van der Waals surface area contributed by atoms with Gasteiger partial charge in [-0.25, -0.2) is 4.98 Å². The molecule has 5 nitrogen and oxygen atoms in total. The zero-order valence-electron chi connectivity index (χ0n) is 15.1. The van der Waals surface area contributed by atoms with Gasteiger partial charge in [0.15, 0.2) is 0 Å². The fraction of sp³-hybridized carbons (Fsp3) is 0.400. The molecular weight excluding hydrogens is 310 g/mol. The molecule has 1 aromatic carbocycles. The number of H-pyrrole nitrogens is 1. The molecule has 0 radical (unpaired) electrons. The maximum absolute atomic E-state index is 5.68. The minimum Gasteiger partial charge on any atom is -0.341 e. The first-order valence-corrected chi connectivity index (χ1v) is 8.98. The minimum atomic E-state index is 0.228. The summed E-state index contributed by atoms with van der Waals surface area (Å²) in [5.41, 5.74) is 9.93. The van der Waals surface area contributed by atoms with Crippen LogP contribution in [0.15, 0.2) is 42.5 Å². The van der Waals surface area contributed by atoms with E-state index >= 15 is 0 Å². The van der Waals surface area contributed by atoms with Gasteiger partial charge in [-0.1, -0.05) is 18.2 Å². The molecule has 3 N–H and O–H groups in total. The number of hydrogen-bond acceptors (Lipinski definition) is 4. The van der Waals surface area contributed by atoms with Gasteiger partial charge in [-0.05, 0) is 64.0 Å². The third-order valence-electron chi connectivity index (χ3n) is 4.58. The van der Waals surface area contributed by atoms with Crippen LogP contribution < -0.4 is 5.73 Å². The summed E-state index contributed by atoms with van der Waals surface area (Å²) in [6.45, 7) is 6.73. The van der Waals surface area contributed by atoms with Gasteiger partial charge in [0.1, 0.15) is 5.82 Å². The fourth-order valence-corrected chi connectivity index (χ4v) is 3.13. The molecule has 0 aliphatic carbocycles. The van der Waals surface area contributed by atoms with Gasteiger partial charge in [0.2, 0.25) is 0 Å². The first kappa shape index (κ1) is 17.6. The molecule has 5 heteroatoms. The van der Waals surface area contributed by atoms with Gasteiger partial charge in [0.25, 0.3) is 0 Å². The average Bonchev–Trinajstić information content (AvgIpc) is 3.03. The Morgan fingerprint density at radius 1 is 1.08 bits per heavy atom. The van der Waals surface area contributed by atoms with Crippen LogP contribution in [-0.2, 0) is 6.54 Å². The van der Waals surface area contributed by atoms with Crippen LogP contribution in [0.1, 0.15) is 43.0 Å². The molecule has 2 aromatic heterocycles. The number of rotatable bonds is 8. The number of fused-ring (bicyclic) bond motifs is 1. The van der Waals surface area contributed by atoms with Crippen LogP contribution in [0, 0.1) is 6.92 Å². The second-order valence-corrected chi connectivity index (χ2v) is 6.55. The molecule has 0 spiro atoms. The van der Waals surface area contributed by atoms with Crippen molar-refractivity contribution in [3.8, 4) is 0 Å². The average molecular weight is 337 g/mol. The maximum atomic E-state index is 5.68. The maximum Gasteiger partial charge on any atom is 0.121 e. The Balaban J connectivity index is 1.80. The second-order valence-electron chi connectivity index (χ2n) is 6.55. The quantitative estimate of drug-likeness (QED) is 0.617. The third kappa shape index (κ3) is 4.44. The standard InChI is InChI=1S/C20H27N5/c1-15-8-7-11-17(22-15)16(2)25(13-6-5-12-21)14-20-23-18-9-3-4-10-19(18)24-20/h3-4,7-11,16H,5-6,12-14,21H2,1-2H3,(H,23,24). The number of para-hydroxylation sites is 2. The SMILES string of the molecule is Cc1cccc(C(C)N(CCCCN)Cc2nc3ccccc3[nH]2)n1. The first-order valence-electron chi connectivity index (χ1n) is 8.98. The van der Waals surface area contributed by atoms with Gasteiger partial charge in [0.05, 0.1) is 23.3 Å². The molecule has 3 rings (SSSR count). The molecule has 0 bridgehead atoms. The molecule has 1 unspecified atom stereocenters. The Labute approximate surface area is 149 Å². The van der Waals surface area contributed by atoms with Crippen molar-refractivity contribution >= 4 is 11.0 Å². The lowest BCUT2D eigenvalue weighted by molar-refractivity contribution is 0.190.